The summed E-state index contributed by atoms with van der Waals surface area (Å²) in [6, 6.07) is 128. The third kappa shape index (κ3) is 9.19. The van der Waals surface area contributed by atoms with Crippen LogP contribution in [-0.2, 0) is 0 Å². The first kappa shape index (κ1) is 51.9. The van der Waals surface area contributed by atoms with E-state index in [0.717, 1.165) is 78.7 Å². The minimum absolute atomic E-state index is 1.05. The van der Waals surface area contributed by atoms with Crippen LogP contribution in [0.5, 0.6) is 0 Å². The van der Waals surface area contributed by atoms with Crippen LogP contribution >= 0.6 is 0 Å². The largest absolute Gasteiger partial charge is 0.310 e. The average Bonchev–Trinajstić information content (AvgIpc) is 3.31. The van der Waals surface area contributed by atoms with Gasteiger partial charge in [0, 0.05) is 67.0 Å². The second-order valence-electron chi connectivity index (χ2n) is 22.4. The molecular formula is C84H58N4. The molecule has 14 aromatic carbocycles. The summed E-state index contributed by atoms with van der Waals surface area (Å²) >= 11 is 0. The second kappa shape index (κ2) is 22.4. The third-order valence-corrected chi connectivity index (χ3v) is 17.3. The van der Waals surface area contributed by atoms with Crippen LogP contribution in [0.3, 0.4) is 0 Å². The predicted molar refractivity (Wildman–Crippen MR) is 375 cm³/mol. The van der Waals surface area contributed by atoms with Gasteiger partial charge in [-0.25, -0.2) is 0 Å². The molecule has 2 heterocycles. The Balaban J connectivity index is 0.795. The molecule has 0 radical (unpaired) electrons. The molecule has 4 heteroatoms. The lowest BCUT2D eigenvalue weighted by Crippen LogP contribution is -2.11. The van der Waals surface area contributed by atoms with Crippen LogP contribution in [0.1, 0.15) is 0 Å². The monoisotopic (exact) mass is 1120 g/mol. The molecule has 4 nitrogen and oxygen atoms in total. The fourth-order valence-corrected chi connectivity index (χ4v) is 13.4. The molecular weight excluding hydrogens is 1060 g/mol. The standard InChI is InChI=1S/C84H58N4/c1-3-25-61(26-4-1)85(65-29-23-31-67(57-65)87-81-45-19-15-41-77(81)73-37-11-7-33-69(73)70-34-8-12-38-74(70)78-42-16-20-46-82(78)87)63-53-49-59(50-54-63)60-51-55-64(56-52-60)86(62-27-5-2-6-28-62)66-30-24-32-68(58-66)88-83-47-21-17-43-79(83)75-39-13-9-35-71(75)72-36-10-14-40-76(72)80-44-18-22-48-84(80)88/h1-58H. The number of fused-ring (bicyclic) bond motifs is 14. The van der Waals surface area contributed by atoms with Gasteiger partial charge in [-0.05, 0) is 163 Å². The lowest BCUT2D eigenvalue weighted by molar-refractivity contribution is 1.16. The zero-order valence-electron chi connectivity index (χ0n) is 48.3. The third-order valence-electron chi connectivity index (χ3n) is 17.3. The summed E-state index contributed by atoms with van der Waals surface area (Å²) in [7, 11) is 0. The molecule has 0 spiro atoms. The van der Waals surface area contributed by atoms with Crippen LogP contribution < -0.4 is 9.80 Å². The highest BCUT2D eigenvalue weighted by molar-refractivity contribution is 6.21. The lowest BCUT2D eigenvalue weighted by Gasteiger charge is -2.27. The van der Waals surface area contributed by atoms with Gasteiger partial charge in [0.15, 0.2) is 0 Å². The van der Waals surface area contributed by atoms with E-state index >= 15 is 0 Å². The molecule has 0 unspecified atom stereocenters. The first-order chi connectivity index (χ1) is 43.7. The van der Waals surface area contributed by atoms with Gasteiger partial charge in [0.1, 0.15) is 0 Å². The SMILES string of the molecule is c1ccc(N(c2ccc(-c3ccc(N(c4ccccc4)c4cccc(-n5c6ccccc6c6ccccc6c6ccccc6c6ccccc65)c4)cc3)cc2)c2cccc(-n3c4ccccc4c4ccccc4c4ccccc4c4ccccc43)c2)cc1. The van der Waals surface area contributed by atoms with Crippen molar-refractivity contribution < 1.29 is 0 Å². The summed E-state index contributed by atoms with van der Waals surface area (Å²) in [5.41, 5.74) is 15.2. The molecule has 0 amide bonds. The molecule has 0 atom stereocenters. The Kier molecular flexibility index (Phi) is 13.2. The molecule has 0 aliphatic heterocycles. The molecule has 0 aliphatic carbocycles. The summed E-state index contributed by atoms with van der Waals surface area (Å²) in [5.74, 6) is 0. The van der Waals surface area contributed by atoms with Crippen LogP contribution in [-0.4, -0.2) is 9.13 Å². The summed E-state index contributed by atoms with van der Waals surface area (Å²) < 4.78 is 4.90. The number of nitrogens with zero attached hydrogens (tertiary/aromatic N) is 4. The molecule has 0 saturated carbocycles. The smallest absolute Gasteiger partial charge is 0.0540 e. The van der Waals surface area contributed by atoms with Crippen molar-refractivity contribution in [3.8, 4) is 22.5 Å². The lowest BCUT2D eigenvalue weighted by atomic mass is 10.0. The van der Waals surface area contributed by atoms with Crippen LogP contribution in [0, 0.1) is 0 Å². The highest BCUT2D eigenvalue weighted by atomic mass is 15.2. The zero-order valence-corrected chi connectivity index (χ0v) is 48.3. The summed E-state index contributed by atoms with van der Waals surface area (Å²) in [5, 5.41) is 14.4. The van der Waals surface area contributed by atoms with Crippen LogP contribution in [0.4, 0.5) is 34.1 Å². The van der Waals surface area contributed by atoms with Crippen molar-refractivity contribution in [2.24, 2.45) is 0 Å². The van der Waals surface area contributed by atoms with Crippen molar-refractivity contribution in [3.63, 3.8) is 0 Å². The Morgan fingerprint density at radius 3 is 0.659 bits per heavy atom. The Morgan fingerprint density at radius 2 is 0.375 bits per heavy atom. The number of para-hydroxylation sites is 6. The maximum atomic E-state index is 2.45. The fourth-order valence-electron chi connectivity index (χ4n) is 13.4. The van der Waals surface area contributed by atoms with E-state index < -0.39 is 0 Å². The number of hydrogen-bond acceptors (Lipinski definition) is 2. The van der Waals surface area contributed by atoms with Crippen LogP contribution in [0.25, 0.3) is 109 Å². The Hall–Kier alpha value is -11.7. The first-order valence-electron chi connectivity index (χ1n) is 30.2. The maximum absolute atomic E-state index is 2.45. The molecule has 88 heavy (non-hydrogen) atoms. The van der Waals surface area contributed by atoms with Crippen molar-refractivity contribution >= 4 is 121 Å². The average molecular weight is 1120 g/mol. The van der Waals surface area contributed by atoms with Crippen LogP contribution in [0.2, 0.25) is 0 Å². The van der Waals surface area contributed by atoms with Gasteiger partial charge < -0.3 is 18.9 Å². The minimum atomic E-state index is 1.05. The summed E-state index contributed by atoms with van der Waals surface area (Å²) in [6.07, 6.45) is 0. The topological polar surface area (TPSA) is 16.3 Å². The number of hydrogen-bond donors (Lipinski definition) is 0. The highest BCUT2D eigenvalue weighted by Gasteiger charge is 2.19. The number of benzene rings is 14. The van der Waals surface area contributed by atoms with Gasteiger partial charge in [0.25, 0.3) is 0 Å². The molecule has 414 valence electrons. The minimum Gasteiger partial charge on any atom is -0.310 e. The molecule has 16 rings (SSSR count). The highest BCUT2D eigenvalue weighted by Crippen LogP contribution is 2.42. The molecule has 16 aromatic rings. The quantitative estimate of drug-likeness (QED) is 0.143. The Bertz CT molecular complexity index is 4900. The molecule has 0 bridgehead atoms. The Labute approximate surface area is 511 Å². The molecule has 0 aliphatic rings. The summed E-state index contributed by atoms with van der Waals surface area (Å²) in [6.45, 7) is 0. The van der Waals surface area contributed by atoms with E-state index in [1.54, 1.807) is 0 Å². The predicted octanol–water partition coefficient (Wildman–Crippen LogP) is 23.3. The van der Waals surface area contributed by atoms with Crippen molar-refractivity contribution in [1.82, 2.24) is 9.13 Å². The van der Waals surface area contributed by atoms with E-state index in [1.807, 2.05) is 0 Å². The van der Waals surface area contributed by atoms with Gasteiger partial charge in [0.05, 0.1) is 22.1 Å². The molecule has 0 fully saturated rings. The molecule has 0 saturated heterocycles. The van der Waals surface area contributed by atoms with E-state index in [0.29, 0.717) is 0 Å². The van der Waals surface area contributed by atoms with Crippen molar-refractivity contribution in [2.75, 3.05) is 9.80 Å². The van der Waals surface area contributed by atoms with Gasteiger partial charge in [0.2, 0.25) is 0 Å². The first-order valence-corrected chi connectivity index (χ1v) is 30.2. The van der Waals surface area contributed by atoms with E-state index in [1.165, 1.54) is 64.6 Å². The number of aromatic nitrogens is 2. The van der Waals surface area contributed by atoms with Gasteiger partial charge in [-0.1, -0.05) is 243 Å². The van der Waals surface area contributed by atoms with Crippen molar-refractivity contribution in [3.05, 3.63) is 352 Å². The second-order valence-corrected chi connectivity index (χ2v) is 22.4. The zero-order chi connectivity index (χ0) is 58.3. The maximum Gasteiger partial charge on any atom is 0.0540 e. The van der Waals surface area contributed by atoms with Crippen molar-refractivity contribution in [2.45, 2.75) is 0 Å². The van der Waals surface area contributed by atoms with Gasteiger partial charge in [-0.3, -0.25) is 0 Å². The number of rotatable bonds is 9. The normalized spacial score (nSPS) is 11.4. The van der Waals surface area contributed by atoms with E-state index in [2.05, 4.69) is 371 Å². The van der Waals surface area contributed by atoms with Crippen molar-refractivity contribution in [1.29, 1.82) is 0 Å². The van der Waals surface area contributed by atoms with E-state index in [4.69, 9.17) is 0 Å². The van der Waals surface area contributed by atoms with Crippen LogP contribution in [0.15, 0.2) is 352 Å². The van der Waals surface area contributed by atoms with Gasteiger partial charge >= 0.3 is 0 Å². The van der Waals surface area contributed by atoms with Gasteiger partial charge in [-0.15, -0.1) is 0 Å². The molecule has 2 aromatic heterocycles. The Morgan fingerprint density at radius 1 is 0.159 bits per heavy atom. The fraction of sp³-hybridized carbons (Fsp3) is 0. The van der Waals surface area contributed by atoms with E-state index in [9.17, 15) is 0 Å². The van der Waals surface area contributed by atoms with Gasteiger partial charge in [-0.2, -0.15) is 0 Å². The number of anilines is 6. The van der Waals surface area contributed by atoms with E-state index in [-0.39, 0.29) is 0 Å². The molecule has 0 N–H and O–H groups in total. The summed E-state index contributed by atoms with van der Waals surface area (Å²) in [4.78, 5) is 4.73.